The lowest BCUT2D eigenvalue weighted by molar-refractivity contribution is -0.215. The molecule has 34 heavy (non-hydrogen) atoms. The highest BCUT2D eigenvalue weighted by Gasteiger charge is 2.57. The van der Waals surface area contributed by atoms with Gasteiger partial charge in [0.2, 0.25) is 0 Å². The standard InChI is InChI=1S/C31H25NO2/c33-29-27-18-10-11-19-28(27)31(21-20-24-12-4-1-5-13-24)32(29)23-22-30(34-31,25-14-6-2-7-15-25)26-16-8-3-9-17-26/h1-21H,22-23H2/b21-20+/t31-/m1/s1. The molecule has 0 spiro atoms. The molecular formula is C31H25NO2. The molecule has 1 amide bonds. The minimum Gasteiger partial charge on any atom is -0.331 e. The highest BCUT2D eigenvalue weighted by Crippen LogP contribution is 2.53. The molecule has 6 rings (SSSR count). The Labute approximate surface area is 199 Å². The Morgan fingerprint density at radius 3 is 1.91 bits per heavy atom. The van der Waals surface area contributed by atoms with Gasteiger partial charge in [-0.25, -0.2) is 0 Å². The van der Waals surface area contributed by atoms with Crippen LogP contribution in [0.5, 0.6) is 0 Å². The summed E-state index contributed by atoms with van der Waals surface area (Å²) >= 11 is 0. The van der Waals surface area contributed by atoms with Crippen molar-refractivity contribution in [3.05, 3.63) is 149 Å². The van der Waals surface area contributed by atoms with Crippen molar-refractivity contribution < 1.29 is 9.53 Å². The van der Waals surface area contributed by atoms with E-state index in [0.29, 0.717) is 18.5 Å². The molecular weight excluding hydrogens is 418 g/mol. The second-order valence-electron chi connectivity index (χ2n) is 8.85. The fourth-order valence-electron chi connectivity index (χ4n) is 5.36. The molecule has 1 fully saturated rings. The van der Waals surface area contributed by atoms with E-state index in [4.69, 9.17) is 4.74 Å². The maximum Gasteiger partial charge on any atom is 0.257 e. The first kappa shape index (κ1) is 20.6. The Hall–Kier alpha value is -3.95. The van der Waals surface area contributed by atoms with E-state index in [0.717, 1.165) is 22.3 Å². The Balaban J connectivity index is 1.58. The third-order valence-corrected chi connectivity index (χ3v) is 6.99. The van der Waals surface area contributed by atoms with Crippen molar-refractivity contribution in [3.63, 3.8) is 0 Å². The third-order valence-electron chi connectivity index (χ3n) is 6.99. The van der Waals surface area contributed by atoms with Gasteiger partial charge in [-0.15, -0.1) is 0 Å². The summed E-state index contributed by atoms with van der Waals surface area (Å²) in [4.78, 5) is 15.4. The molecule has 4 aromatic carbocycles. The number of carbonyl (C=O) groups excluding carboxylic acids is 1. The quantitative estimate of drug-likeness (QED) is 0.367. The number of fused-ring (bicyclic) bond motifs is 3. The van der Waals surface area contributed by atoms with Gasteiger partial charge in [-0.1, -0.05) is 115 Å². The van der Waals surface area contributed by atoms with Crippen LogP contribution >= 0.6 is 0 Å². The SMILES string of the molecule is O=C1c2ccccc2[C@@]2(/C=C/c3ccccc3)OC(c3ccccc3)(c3ccccc3)CCN12. The monoisotopic (exact) mass is 443 g/mol. The number of amides is 1. The Morgan fingerprint density at radius 2 is 1.26 bits per heavy atom. The summed E-state index contributed by atoms with van der Waals surface area (Å²) in [5, 5.41) is 0. The summed E-state index contributed by atoms with van der Waals surface area (Å²) in [6.07, 6.45) is 4.79. The molecule has 0 aromatic heterocycles. The fourth-order valence-corrected chi connectivity index (χ4v) is 5.36. The molecule has 2 aliphatic rings. The largest absolute Gasteiger partial charge is 0.331 e. The third kappa shape index (κ3) is 3.12. The molecule has 1 atom stereocenters. The molecule has 0 unspecified atom stereocenters. The van der Waals surface area contributed by atoms with Gasteiger partial charge in [0.05, 0.1) is 0 Å². The predicted octanol–water partition coefficient (Wildman–Crippen LogP) is 6.37. The van der Waals surface area contributed by atoms with Crippen LogP contribution in [0.4, 0.5) is 0 Å². The number of nitrogens with zero attached hydrogens (tertiary/aromatic N) is 1. The first-order valence-electron chi connectivity index (χ1n) is 11.7. The van der Waals surface area contributed by atoms with Gasteiger partial charge in [0.1, 0.15) is 5.60 Å². The molecule has 0 radical (unpaired) electrons. The van der Waals surface area contributed by atoms with Gasteiger partial charge in [-0.05, 0) is 28.8 Å². The summed E-state index contributed by atoms with van der Waals surface area (Å²) in [7, 11) is 0. The van der Waals surface area contributed by atoms with Gasteiger partial charge in [0.25, 0.3) is 5.91 Å². The zero-order valence-electron chi connectivity index (χ0n) is 18.8. The van der Waals surface area contributed by atoms with Gasteiger partial charge in [-0.2, -0.15) is 0 Å². The van der Waals surface area contributed by atoms with Crippen LogP contribution in [0.3, 0.4) is 0 Å². The lowest BCUT2D eigenvalue weighted by atomic mass is 9.80. The molecule has 2 heterocycles. The van der Waals surface area contributed by atoms with E-state index in [9.17, 15) is 4.79 Å². The summed E-state index contributed by atoms with van der Waals surface area (Å²) in [5.74, 6) is 0.0167. The van der Waals surface area contributed by atoms with Gasteiger partial charge in [-0.3, -0.25) is 4.79 Å². The van der Waals surface area contributed by atoms with E-state index in [2.05, 4.69) is 72.8 Å². The Kier molecular flexibility index (Phi) is 4.93. The van der Waals surface area contributed by atoms with Crippen molar-refractivity contribution in [2.75, 3.05) is 6.54 Å². The summed E-state index contributed by atoms with van der Waals surface area (Å²) in [6.45, 7) is 0.580. The number of benzene rings is 4. The van der Waals surface area contributed by atoms with Crippen LogP contribution in [0, 0.1) is 0 Å². The molecule has 0 bridgehead atoms. The van der Waals surface area contributed by atoms with Crippen LogP contribution in [-0.2, 0) is 16.1 Å². The van der Waals surface area contributed by atoms with Crippen LogP contribution in [-0.4, -0.2) is 17.4 Å². The van der Waals surface area contributed by atoms with E-state index in [1.54, 1.807) is 0 Å². The fraction of sp³-hybridized carbons (Fsp3) is 0.129. The maximum absolute atomic E-state index is 13.5. The van der Waals surface area contributed by atoms with Crippen molar-refractivity contribution in [1.82, 2.24) is 4.90 Å². The van der Waals surface area contributed by atoms with Crippen LogP contribution in [0.1, 0.15) is 39.0 Å². The molecule has 2 aliphatic heterocycles. The molecule has 4 aromatic rings. The summed E-state index contributed by atoms with van der Waals surface area (Å²) in [6, 6.07) is 38.7. The maximum atomic E-state index is 13.5. The van der Waals surface area contributed by atoms with Crippen molar-refractivity contribution in [2.45, 2.75) is 17.7 Å². The molecule has 166 valence electrons. The first-order chi connectivity index (χ1) is 16.7. The first-order valence-corrected chi connectivity index (χ1v) is 11.7. The number of rotatable bonds is 4. The van der Waals surface area contributed by atoms with Crippen LogP contribution in [0.25, 0.3) is 6.08 Å². The minimum absolute atomic E-state index is 0.0167. The zero-order valence-corrected chi connectivity index (χ0v) is 18.8. The van der Waals surface area contributed by atoms with E-state index in [-0.39, 0.29) is 5.91 Å². The predicted molar refractivity (Wildman–Crippen MR) is 134 cm³/mol. The smallest absolute Gasteiger partial charge is 0.257 e. The van der Waals surface area contributed by atoms with Gasteiger partial charge in [0, 0.05) is 24.1 Å². The normalized spacial score (nSPS) is 20.8. The number of hydrogen-bond donors (Lipinski definition) is 0. The zero-order chi connectivity index (χ0) is 23.0. The summed E-state index contributed by atoms with van der Waals surface area (Å²) in [5.41, 5.74) is 3.13. The number of ether oxygens (including phenoxy) is 1. The van der Waals surface area contributed by atoms with Gasteiger partial charge in [0.15, 0.2) is 5.72 Å². The lowest BCUT2D eigenvalue weighted by Crippen LogP contribution is -2.56. The highest BCUT2D eigenvalue weighted by atomic mass is 16.5. The van der Waals surface area contributed by atoms with E-state index in [1.165, 1.54) is 0 Å². The Bertz CT molecular complexity index is 1310. The number of hydrogen-bond acceptors (Lipinski definition) is 2. The topological polar surface area (TPSA) is 29.5 Å². The second-order valence-corrected chi connectivity index (χ2v) is 8.85. The van der Waals surface area contributed by atoms with Crippen LogP contribution < -0.4 is 0 Å². The van der Waals surface area contributed by atoms with E-state index < -0.39 is 11.3 Å². The van der Waals surface area contributed by atoms with Crippen molar-refractivity contribution in [3.8, 4) is 0 Å². The highest BCUT2D eigenvalue weighted by molar-refractivity contribution is 6.00. The average Bonchev–Trinajstić information content (AvgIpc) is 3.17. The van der Waals surface area contributed by atoms with Crippen molar-refractivity contribution >= 4 is 12.0 Å². The van der Waals surface area contributed by atoms with Crippen molar-refractivity contribution in [2.24, 2.45) is 0 Å². The molecule has 1 saturated heterocycles. The molecule has 0 N–H and O–H groups in total. The molecule has 3 nitrogen and oxygen atoms in total. The van der Waals surface area contributed by atoms with Crippen LogP contribution in [0.2, 0.25) is 0 Å². The van der Waals surface area contributed by atoms with Crippen LogP contribution in [0.15, 0.2) is 121 Å². The summed E-state index contributed by atoms with van der Waals surface area (Å²) < 4.78 is 7.29. The van der Waals surface area contributed by atoms with Gasteiger partial charge < -0.3 is 9.64 Å². The molecule has 0 aliphatic carbocycles. The van der Waals surface area contributed by atoms with Gasteiger partial charge >= 0.3 is 0 Å². The molecule has 3 heteroatoms. The average molecular weight is 444 g/mol. The lowest BCUT2D eigenvalue weighted by Gasteiger charge is -2.51. The van der Waals surface area contributed by atoms with E-state index in [1.807, 2.05) is 59.5 Å². The van der Waals surface area contributed by atoms with E-state index >= 15 is 0 Å². The Morgan fingerprint density at radius 1 is 0.706 bits per heavy atom. The second kappa shape index (κ2) is 8.12. The minimum atomic E-state index is -1.01. The number of carbonyl (C=O) groups is 1. The molecule has 0 saturated carbocycles. The van der Waals surface area contributed by atoms with Crippen molar-refractivity contribution in [1.29, 1.82) is 0 Å².